The molecule has 2 rings (SSSR count). The number of aromatic amines is 1. The third-order valence-corrected chi connectivity index (χ3v) is 2.87. The Morgan fingerprint density at radius 3 is 3.00 bits per heavy atom. The van der Waals surface area contributed by atoms with Crippen molar-refractivity contribution in [3.8, 4) is 0 Å². The van der Waals surface area contributed by atoms with Crippen LogP contribution in [0.15, 0.2) is 18.5 Å². The Morgan fingerprint density at radius 2 is 2.33 bits per heavy atom. The number of aromatic nitrogens is 3. The molecule has 80 valence electrons. The minimum atomic E-state index is -0.0256. The number of hydrogen-bond donors (Lipinski definition) is 2. The zero-order valence-corrected chi connectivity index (χ0v) is 9.07. The highest BCUT2D eigenvalue weighted by atomic mass is 15.0. The maximum absolute atomic E-state index is 6.10. The van der Waals surface area contributed by atoms with Gasteiger partial charge in [-0.2, -0.15) is 0 Å². The predicted molar refractivity (Wildman–Crippen MR) is 60.3 cm³/mol. The largest absolute Gasteiger partial charge is 0.339 e. The Morgan fingerprint density at radius 1 is 1.53 bits per heavy atom. The molecule has 4 nitrogen and oxygen atoms in total. The molecule has 0 aliphatic heterocycles. The third-order valence-electron chi connectivity index (χ3n) is 2.87. The van der Waals surface area contributed by atoms with Crippen LogP contribution in [0.4, 0.5) is 0 Å². The normalized spacial score (nSPS) is 15.4. The van der Waals surface area contributed by atoms with Crippen molar-refractivity contribution >= 4 is 11.0 Å². The van der Waals surface area contributed by atoms with E-state index >= 15 is 0 Å². The summed E-state index contributed by atoms with van der Waals surface area (Å²) in [5.41, 5.74) is 7.98. The Balaban J connectivity index is 2.36. The molecule has 0 amide bonds. The smallest absolute Gasteiger partial charge is 0.124 e. The molecule has 0 saturated heterocycles. The second kappa shape index (κ2) is 3.98. The zero-order chi connectivity index (χ0) is 10.8. The van der Waals surface area contributed by atoms with Crippen molar-refractivity contribution in [1.29, 1.82) is 0 Å². The van der Waals surface area contributed by atoms with Crippen LogP contribution in [0.5, 0.6) is 0 Å². The molecular weight excluding hydrogens is 188 g/mol. The average Bonchev–Trinajstić information content (AvgIpc) is 2.70. The summed E-state index contributed by atoms with van der Waals surface area (Å²) >= 11 is 0. The van der Waals surface area contributed by atoms with Crippen molar-refractivity contribution in [2.45, 2.75) is 26.3 Å². The van der Waals surface area contributed by atoms with Crippen LogP contribution < -0.4 is 5.73 Å². The van der Waals surface area contributed by atoms with E-state index in [1.54, 1.807) is 12.4 Å². The van der Waals surface area contributed by atoms with Crippen LogP contribution in [0.3, 0.4) is 0 Å². The van der Waals surface area contributed by atoms with Gasteiger partial charge in [-0.25, -0.2) is 4.98 Å². The molecule has 2 heterocycles. The summed E-state index contributed by atoms with van der Waals surface area (Å²) in [4.78, 5) is 11.7. The van der Waals surface area contributed by atoms with Gasteiger partial charge in [0.25, 0.3) is 0 Å². The van der Waals surface area contributed by atoms with Gasteiger partial charge in [-0.05, 0) is 12.0 Å². The first-order valence-corrected chi connectivity index (χ1v) is 5.27. The lowest BCUT2D eigenvalue weighted by atomic mass is 10.00. The van der Waals surface area contributed by atoms with Gasteiger partial charge in [0.05, 0.1) is 23.3 Å². The van der Waals surface area contributed by atoms with E-state index < -0.39 is 0 Å². The van der Waals surface area contributed by atoms with Crippen LogP contribution in [0.1, 0.15) is 32.1 Å². The van der Waals surface area contributed by atoms with E-state index in [9.17, 15) is 0 Å². The number of nitrogens with one attached hydrogen (secondary N) is 1. The number of hydrogen-bond acceptors (Lipinski definition) is 3. The van der Waals surface area contributed by atoms with Crippen LogP contribution in [-0.4, -0.2) is 15.0 Å². The Bertz CT molecular complexity index is 416. The Labute approximate surface area is 88.9 Å². The van der Waals surface area contributed by atoms with Gasteiger partial charge in [0.15, 0.2) is 0 Å². The molecule has 0 bridgehead atoms. The zero-order valence-electron chi connectivity index (χ0n) is 9.07. The molecule has 0 radical (unpaired) electrons. The number of nitrogens with two attached hydrogens (primary N) is 1. The van der Waals surface area contributed by atoms with E-state index in [0.717, 1.165) is 23.3 Å². The fourth-order valence-electron chi connectivity index (χ4n) is 1.56. The molecule has 0 fully saturated rings. The van der Waals surface area contributed by atoms with Crippen molar-refractivity contribution < 1.29 is 0 Å². The summed E-state index contributed by atoms with van der Waals surface area (Å²) in [6.07, 6.45) is 4.56. The van der Waals surface area contributed by atoms with E-state index in [4.69, 9.17) is 5.73 Å². The lowest BCUT2D eigenvalue weighted by Gasteiger charge is -2.15. The first-order chi connectivity index (χ1) is 7.22. The van der Waals surface area contributed by atoms with Crippen molar-refractivity contribution in [2.24, 2.45) is 11.7 Å². The molecule has 2 atom stereocenters. The van der Waals surface area contributed by atoms with Crippen LogP contribution in [0.25, 0.3) is 11.0 Å². The second-order valence-electron chi connectivity index (χ2n) is 3.93. The monoisotopic (exact) mass is 204 g/mol. The van der Waals surface area contributed by atoms with Crippen LogP contribution in [0.2, 0.25) is 0 Å². The van der Waals surface area contributed by atoms with Crippen molar-refractivity contribution in [2.75, 3.05) is 0 Å². The minimum Gasteiger partial charge on any atom is -0.339 e. The number of imidazole rings is 1. The topological polar surface area (TPSA) is 67.6 Å². The van der Waals surface area contributed by atoms with Gasteiger partial charge in [0, 0.05) is 6.20 Å². The summed E-state index contributed by atoms with van der Waals surface area (Å²) in [5.74, 6) is 1.28. The van der Waals surface area contributed by atoms with E-state index in [-0.39, 0.29) is 6.04 Å². The average molecular weight is 204 g/mol. The lowest BCUT2D eigenvalue weighted by molar-refractivity contribution is 0.442. The fraction of sp³-hybridized carbons (Fsp3) is 0.455. The van der Waals surface area contributed by atoms with Gasteiger partial charge >= 0.3 is 0 Å². The summed E-state index contributed by atoms with van der Waals surface area (Å²) < 4.78 is 0. The quantitative estimate of drug-likeness (QED) is 0.803. The molecule has 0 aliphatic carbocycles. The molecular formula is C11H16N4. The number of rotatable bonds is 3. The van der Waals surface area contributed by atoms with Crippen molar-refractivity contribution in [3.63, 3.8) is 0 Å². The molecule has 15 heavy (non-hydrogen) atoms. The molecule has 0 saturated carbocycles. The van der Waals surface area contributed by atoms with Crippen molar-refractivity contribution in [3.05, 3.63) is 24.3 Å². The minimum absolute atomic E-state index is 0.0256. The maximum Gasteiger partial charge on any atom is 0.124 e. The fourth-order valence-corrected chi connectivity index (χ4v) is 1.56. The molecule has 0 aromatic carbocycles. The standard InChI is InChI=1S/C11H16N4/c1-3-7(2)10(12)11-14-8-4-5-13-6-9(8)15-11/h4-7,10H,3,12H2,1-2H3,(H,14,15). The number of H-pyrrole nitrogens is 1. The SMILES string of the molecule is CCC(C)C(N)c1nc2ccncc2[nH]1. The van der Waals surface area contributed by atoms with Gasteiger partial charge in [-0.1, -0.05) is 20.3 Å². The number of fused-ring (bicyclic) bond motifs is 1. The highest BCUT2D eigenvalue weighted by Crippen LogP contribution is 2.21. The maximum atomic E-state index is 6.10. The number of nitrogens with zero attached hydrogens (tertiary/aromatic N) is 2. The molecule has 2 aromatic rings. The third kappa shape index (κ3) is 1.85. The Kier molecular flexibility index (Phi) is 2.68. The number of pyridine rings is 1. The predicted octanol–water partition coefficient (Wildman–Crippen LogP) is 2.00. The van der Waals surface area contributed by atoms with Crippen LogP contribution in [0, 0.1) is 5.92 Å². The van der Waals surface area contributed by atoms with Crippen LogP contribution in [-0.2, 0) is 0 Å². The van der Waals surface area contributed by atoms with Gasteiger partial charge in [0.2, 0.25) is 0 Å². The summed E-state index contributed by atoms with van der Waals surface area (Å²) in [6, 6.07) is 1.86. The molecule has 2 unspecified atom stereocenters. The summed E-state index contributed by atoms with van der Waals surface area (Å²) in [7, 11) is 0. The van der Waals surface area contributed by atoms with E-state index in [1.807, 2.05) is 6.07 Å². The van der Waals surface area contributed by atoms with Gasteiger partial charge in [-0.15, -0.1) is 0 Å². The van der Waals surface area contributed by atoms with E-state index in [0.29, 0.717) is 5.92 Å². The first-order valence-electron chi connectivity index (χ1n) is 5.27. The second-order valence-corrected chi connectivity index (χ2v) is 3.93. The molecule has 0 spiro atoms. The summed E-state index contributed by atoms with van der Waals surface area (Å²) in [5, 5.41) is 0. The van der Waals surface area contributed by atoms with E-state index in [1.165, 1.54) is 0 Å². The van der Waals surface area contributed by atoms with E-state index in [2.05, 4.69) is 28.8 Å². The van der Waals surface area contributed by atoms with Crippen molar-refractivity contribution in [1.82, 2.24) is 15.0 Å². The molecule has 4 heteroatoms. The highest BCUT2D eigenvalue weighted by Gasteiger charge is 2.16. The molecule has 0 aliphatic rings. The molecule has 2 aromatic heterocycles. The van der Waals surface area contributed by atoms with Gasteiger partial charge in [0.1, 0.15) is 5.82 Å². The molecule has 3 N–H and O–H groups in total. The van der Waals surface area contributed by atoms with Gasteiger partial charge in [-0.3, -0.25) is 4.98 Å². The first kappa shape index (κ1) is 10.1. The van der Waals surface area contributed by atoms with Crippen LogP contribution >= 0.6 is 0 Å². The lowest BCUT2D eigenvalue weighted by Crippen LogP contribution is -2.19. The Hall–Kier alpha value is -1.42. The summed E-state index contributed by atoms with van der Waals surface area (Å²) in [6.45, 7) is 4.27. The highest BCUT2D eigenvalue weighted by molar-refractivity contribution is 5.73. The van der Waals surface area contributed by atoms with Gasteiger partial charge < -0.3 is 10.7 Å².